The number of amides is 1. The fourth-order valence-corrected chi connectivity index (χ4v) is 1.25. The SMILES string of the molecule is NC(=O)C(O)C(O)C(O)C(O)C=O.O=CC(O)C(O)C(O)C(O)C(=O)O. The van der Waals surface area contributed by atoms with Gasteiger partial charge in [0, 0.05) is 0 Å². The maximum Gasteiger partial charge on any atom is 0.335 e. The molecule has 0 aromatic rings. The van der Waals surface area contributed by atoms with E-state index in [-0.39, 0.29) is 12.6 Å². The molecule has 26 heavy (non-hydrogen) atoms. The number of carbonyl (C=O) groups excluding carboxylic acids is 3. The molecular weight excluding hydrogens is 366 g/mol. The first-order chi connectivity index (χ1) is 11.8. The number of primary amides is 1. The first-order valence-corrected chi connectivity index (χ1v) is 6.70. The molecule has 0 fully saturated rings. The lowest BCUT2D eigenvalue weighted by Gasteiger charge is -2.21. The predicted octanol–water partition coefficient (Wildman–Crippen LogP) is -7.17. The van der Waals surface area contributed by atoms with Gasteiger partial charge in [-0.15, -0.1) is 0 Å². The van der Waals surface area contributed by atoms with Crippen molar-refractivity contribution in [1.29, 1.82) is 0 Å². The predicted molar refractivity (Wildman–Crippen MR) is 77.0 cm³/mol. The third kappa shape index (κ3) is 8.37. The van der Waals surface area contributed by atoms with Crippen LogP contribution in [0.5, 0.6) is 0 Å². The Hall–Kier alpha value is -2.04. The van der Waals surface area contributed by atoms with Crippen LogP contribution in [0.15, 0.2) is 0 Å². The molecule has 0 bridgehead atoms. The molecule has 8 atom stereocenters. The highest BCUT2D eigenvalue weighted by Gasteiger charge is 2.34. The maximum atomic E-state index is 10.3. The van der Waals surface area contributed by atoms with Crippen LogP contribution in [0.1, 0.15) is 0 Å². The zero-order valence-electron chi connectivity index (χ0n) is 13.0. The van der Waals surface area contributed by atoms with Crippen LogP contribution >= 0.6 is 0 Å². The van der Waals surface area contributed by atoms with E-state index in [1.807, 2.05) is 0 Å². The number of carbonyl (C=O) groups is 4. The third-order valence-electron chi connectivity index (χ3n) is 2.87. The van der Waals surface area contributed by atoms with Gasteiger partial charge in [-0.25, -0.2) is 4.79 Å². The molecule has 0 radical (unpaired) electrons. The zero-order valence-corrected chi connectivity index (χ0v) is 13.0. The first-order valence-electron chi connectivity index (χ1n) is 6.70. The van der Waals surface area contributed by atoms with E-state index >= 15 is 0 Å². The van der Waals surface area contributed by atoms with Gasteiger partial charge >= 0.3 is 5.97 Å². The molecule has 0 aliphatic carbocycles. The summed E-state index contributed by atoms with van der Waals surface area (Å²) in [6.45, 7) is 0. The Bertz CT molecular complexity index is 430. The number of aliphatic hydroxyl groups is 8. The number of aliphatic hydroxyl groups excluding tert-OH is 8. The highest BCUT2D eigenvalue weighted by Crippen LogP contribution is 2.04. The van der Waals surface area contributed by atoms with Gasteiger partial charge in [-0.3, -0.25) is 4.79 Å². The molecule has 152 valence electrons. The van der Waals surface area contributed by atoms with Crippen LogP contribution in [0, 0.1) is 0 Å². The van der Waals surface area contributed by atoms with Crippen molar-refractivity contribution in [2.45, 2.75) is 48.8 Å². The van der Waals surface area contributed by atoms with Gasteiger partial charge in [0.2, 0.25) is 5.91 Å². The van der Waals surface area contributed by atoms with Crippen molar-refractivity contribution in [1.82, 2.24) is 0 Å². The summed E-state index contributed by atoms with van der Waals surface area (Å²) in [7, 11) is 0. The number of aldehydes is 2. The Morgan fingerprint density at radius 1 is 0.654 bits per heavy atom. The monoisotopic (exact) mass is 387 g/mol. The Morgan fingerprint density at radius 3 is 1.19 bits per heavy atom. The smallest absolute Gasteiger partial charge is 0.335 e. The molecule has 14 heteroatoms. The van der Waals surface area contributed by atoms with Crippen molar-refractivity contribution in [3.63, 3.8) is 0 Å². The summed E-state index contributed by atoms with van der Waals surface area (Å²) >= 11 is 0. The van der Waals surface area contributed by atoms with Crippen molar-refractivity contribution in [3.05, 3.63) is 0 Å². The van der Waals surface area contributed by atoms with Crippen LogP contribution in [0.3, 0.4) is 0 Å². The zero-order chi connectivity index (χ0) is 21.2. The molecule has 0 aliphatic heterocycles. The van der Waals surface area contributed by atoms with Crippen LogP contribution < -0.4 is 5.73 Å². The van der Waals surface area contributed by atoms with Gasteiger partial charge in [0.1, 0.15) is 36.6 Å². The molecule has 0 heterocycles. The fourth-order valence-electron chi connectivity index (χ4n) is 1.25. The lowest BCUT2D eigenvalue weighted by molar-refractivity contribution is -0.163. The maximum absolute atomic E-state index is 10.3. The van der Waals surface area contributed by atoms with E-state index in [0.717, 1.165) is 0 Å². The van der Waals surface area contributed by atoms with Gasteiger partial charge in [-0.2, -0.15) is 0 Å². The summed E-state index contributed by atoms with van der Waals surface area (Å²) in [5.74, 6) is -3.02. The number of hydrogen-bond acceptors (Lipinski definition) is 12. The largest absolute Gasteiger partial charge is 0.479 e. The van der Waals surface area contributed by atoms with Gasteiger partial charge in [0.15, 0.2) is 24.8 Å². The van der Waals surface area contributed by atoms with Gasteiger partial charge in [-0.1, -0.05) is 0 Å². The van der Waals surface area contributed by atoms with E-state index in [2.05, 4.69) is 5.73 Å². The minimum Gasteiger partial charge on any atom is -0.479 e. The minimum absolute atomic E-state index is 0.0401. The Balaban J connectivity index is 0. The standard InChI is InChI=1S/C6H11NO6.C6H10O7/c7-6(13)5(12)4(11)3(10)2(9)1-8;7-1-2(8)3(9)4(10)5(11)6(12)13/h1-5,9-12H,(H2,7,13);1-5,8-11H,(H,12,13). The molecule has 0 saturated carbocycles. The molecule has 0 aromatic carbocycles. The van der Waals surface area contributed by atoms with Crippen LogP contribution in [0.2, 0.25) is 0 Å². The summed E-state index contributed by atoms with van der Waals surface area (Å²) in [5, 5.41) is 78.5. The number of nitrogens with two attached hydrogens (primary N) is 1. The lowest BCUT2D eigenvalue weighted by atomic mass is 10.0. The lowest BCUT2D eigenvalue weighted by Crippen LogP contribution is -2.49. The molecule has 0 spiro atoms. The van der Waals surface area contributed by atoms with E-state index < -0.39 is 60.7 Å². The Kier molecular flexibility index (Phi) is 12.4. The summed E-state index contributed by atoms with van der Waals surface area (Å²) in [6, 6.07) is 0. The van der Waals surface area contributed by atoms with E-state index in [4.69, 9.17) is 46.0 Å². The molecule has 8 unspecified atom stereocenters. The summed E-state index contributed by atoms with van der Waals surface area (Å²) in [5.41, 5.74) is 4.59. The topological polar surface area (TPSA) is 276 Å². The van der Waals surface area contributed by atoms with Gasteiger partial charge in [-0.05, 0) is 0 Å². The summed E-state index contributed by atoms with van der Waals surface area (Å²) < 4.78 is 0. The molecule has 1 amide bonds. The molecule has 0 aromatic heterocycles. The van der Waals surface area contributed by atoms with E-state index in [0.29, 0.717) is 0 Å². The second kappa shape index (κ2) is 12.3. The van der Waals surface area contributed by atoms with Crippen LogP contribution in [-0.4, -0.2) is 119 Å². The van der Waals surface area contributed by atoms with Gasteiger partial charge < -0.3 is 61.3 Å². The van der Waals surface area contributed by atoms with Crippen LogP contribution in [0.25, 0.3) is 0 Å². The minimum atomic E-state index is -2.25. The van der Waals surface area contributed by atoms with E-state index in [9.17, 15) is 19.2 Å². The van der Waals surface area contributed by atoms with E-state index in [1.165, 1.54) is 0 Å². The highest BCUT2D eigenvalue weighted by molar-refractivity contribution is 5.79. The first kappa shape index (κ1) is 26.2. The normalized spacial score (nSPS) is 20.0. The van der Waals surface area contributed by atoms with Crippen molar-refractivity contribution < 1.29 is 65.1 Å². The van der Waals surface area contributed by atoms with Crippen molar-refractivity contribution in [2.24, 2.45) is 5.73 Å². The Labute approximate surface area is 145 Å². The van der Waals surface area contributed by atoms with Crippen LogP contribution in [-0.2, 0) is 19.2 Å². The van der Waals surface area contributed by atoms with Crippen molar-refractivity contribution in [2.75, 3.05) is 0 Å². The van der Waals surface area contributed by atoms with Crippen molar-refractivity contribution in [3.8, 4) is 0 Å². The second-order valence-corrected chi connectivity index (χ2v) is 4.85. The van der Waals surface area contributed by atoms with Crippen molar-refractivity contribution >= 4 is 24.4 Å². The average Bonchev–Trinajstić information content (AvgIpc) is 2.62. The summed E-state index contributed by atoms with van der Waals surface area (Å²) in [6.07, 6.45) is -16.3. The molecular formula is C12H21NO13. The van der Waals surface area contributed by atoms with Crippen LogP contribution in [0.4, 0.5) is 0 Å². The van der Waals surface area contributed by atoms with E-state index in [1.54, 1.807) is 0 Å². The quantitative estimate of drug-likeness (QED) is 0.156. The molecule has 0 rings (SSSR count). The Morgan fingerprint density at radius 2 is 0.962 bits per heavy atom. The number of carboxylic acid groups (broad SMARTS) is 1. The number of aliphatic carboxylic acids is 1. The summed E-state index contributed by atoms with van der Waals surface area (Å²) in [4.78, 5) is 40.2. The van der Waals surface area contributed by atoms with Gasteiger partial charge in [0.25, 0.3) is 0 Å². The molecule has 0 saturated heterocycles. The fraction of sp³-hybridized carbons (Fsp3) is 0.667. The number of carboxylic acids is 1. The third-order valence-corrected chi connectivity index (χ3v) is 2.87. The molecule has 11 N–H and O–H groups in total. The molecule has 0 aliphatic rings. The highest BCUT2D eigenvalue weighted by atomic mass is 16.4. The number of rotatable bonds is 10. The average molecular weight is 387 g/mol. The number of hydrogen-bond donors (Lipinski definition) is 10. The van der Waals surface area contributed by atoms with Gasteiger partial charge in [0.05, 0.1) is 0 Å². The second-order valence-electron chi connectivity index (χ2n) is 4.85. The molecule has 14 nitrogen and oxygen atoms in total.